The van der Waals surface area contributed by atoms with Crippen LogP contribution in [0, 0.1) is 4.91 Å². The van der Waals surface area contributed by atoms with Gasteiger partial charge in [0, 0.05) is 0 Å². The fraction of sp³-hybridized carbons (Fsp3) is 0. The predicted octanol–water partition coefficient (Wildman–Crippen LogP) is -1.69. The van der Waals surface area contributed by atoms with Crippen LogP contribution in [0.25, 0.3) is 0 Å². The Morgan fingerprint density at radius 3 is 1.60 bits per heavy atom. The van der Waals surface area contributed by atoms with Gasteiger partial charge in [-0.2, -0.15) is 0 Å². The maximum absolute atomic E-state index is 8.11. The summed E-state index contributed by atoms with van der Waals surface area (Å²) < 4.78 is 0. The molecular weight excluding hydrogens is 96.0 g/mol. The molecule has 26 valence electrons. The Morgan fingerprint density at radius 2 is 1.60 bits per heavy atom. The van der Waals surface area contributed by atoms with Gasteiger partial charge in [-0.15, -0.1) is 4.91 Å². The van der Waals surface area contributed by atoms with Crippen molar-refractivity contribution in [2.24, 2.45) is 5.34 Å². The van der Waals surface area contributed by atoms with E-state index in [9.17, 15) is 0 Å². The van der Waals surface area contributed by atoms with Crippen LogP contribution < -0.4 is 0 Å². The monoisotopic (exact) mass is 101 g/mol. The average molecular weight is 101 g/mol. The van der Waals surface area contributed by atoms with Gasteiger partial charge in [-0.3, -0.25) is 0 Å². The van der Waals surface area contributed by atoms with Crippen LogP contribution in [0.15, 0.2) is 5.34 Å². The van der Waals surface area contributed by atoms with E-state index in [0.29, 0.717) is 0 Å². The number of nitrogens with zero attached hydrogens (tertiary/aromatic N) is 1. The molecule has 0 aromatic heterocycles. The van der Waals surface area contributed by atoms with E-state index in [1.165, 1.54) is 5.34 Å². The fourth-order valence-electron chi connectivity index (χ4n) is 0. The summed E-state index contributed by atoms with van der Waals surface area (Å²) in [6, 6.07) is 0. The molecule has 0 rings (SSSR count). The summed E-state index contributed by atoms with van der Waals surface area (Å²) in [5, 5.41) is 7.89. The fourth-order valence-corrected chi connectivity index (χ4v) is 0. The van der Waals surface area contributed by atoms with Crippen molar-refractivity contribution in [2.45, 2.75) is 0 Å². The van der Waals surface area contributed by atoms with Gasteiger partial charge in [0.05, 0.1) is 0 Å². The van der Waals surface area contributed by atoms with Gasteiger partial charge in [-0.05, 0) is 0 Å². The molecule has 1 N–H and O–H groups in total. The predicted molar refractivity (Wildman–Crippen MR) is 24.7 cm³/mol. The van der Waals surface area contributed by atoms with E-state index in [1.54, 1.807) is 0 Å². The molecule has 5 heavy (non-hydrogen) atoms. The van der Waals surface area contributed by atoms with Crippen molar-refractivity contribution in [1.82, 2.24) is 0 Å². The van der Waals surface area contributed by atoms with Crippen molar-refractivity contribution >= 4 is 46.9 Å². The second kappa shape index (κ2) is 20.4. The van der Waals surface area contributed by atoms with Gasteiger partial charge in [0.1, 0.15) is 0 Å². The zero-order valence-corrected chi connectivity index (χ0v) is 1.30. The number of hydrogen-bond donors (Lipinski definition) is 1. The minimum atomic E-state index is 0. The van der Waals surface area contributed by atoms with Crippen molar-refractivity contribution in [2.75, 3.05) is 0 Å². The van der Waals surface area contributed by atoms with E-state index in [-0.39, 0.29) is 46.9 Å². The van der Waals surface area contributed by atoms with Crippen LogP contribution in [0.5, 0.6) is 0 Å². The molecule has 0 aliphatic heterocycles. The first-order valence-electron chi connectivity index (χ1n) is 0.383. The van der Waals surface area contributed by atoms with E-state index < -0.39 is 0 Å². The molecule has 5 heteroatoms. The molecule has 0 saturated carbocycles. The third-order valence-electron chi connectivity index (χ3n) is 0. The van der Waals surface area contributed by atoms with Crippen LogP contribution >= 0.6 is 0 Å². The van der Waals surface area contributed by atoms with E-state index >= 15 is 0 Å². The first-order chi connectivity index (χ1) is 1.41. The van der Waals surface area contributed by atoms with Crippen LogP contribution in [0.3, 0.4) is 0 Å². The minimum absolute atomic E-state index is 0. The molecule has 0 radical (unpaired) electrons. The standard InChI is InChI=1S/Al.HNO2.Na.4H/c;2-1-3;;;;;/h;(H,2,3);;;;;. The summed E-state index contributed by atoms with van der Waals surface area (Å²) in [6.45, 7) is 0. The molecule has 0 fully saturated rings. The van der Waals surface area contributed by atoms with Gasteiger partial charge in [0.15, 0.2) is 22.7 Å². The molecular formula is H5AlNNaO2. The Morgan fingerprint density at radius 1 is 1.60 bits per heavy atom. The molecule has 0 aliphatic carbocycles. The van der Waals surface area contributed by atoms with E-state index in [1.807, 2.05) is 0 Å². The Labute approximate surface area is 62.1 Å². The molecule has 0 aromatic carbocycles. The van der Waals surface area contributed by atoms with Crippen molar-refractivity contribution in [1.29, 1.82) is 0 Å². The second-order valence-electron chi connectivity index (χ2n) is 0.0816. The maximum atomic E-state index is 8.11. The van der Waals surface area contributed by atoms with Gasteiger partial charge < -0.3 is 5.21 Å². The number of hydrogen-bond acceptors (Lipinski definition) is 2. The van der Waals surface area contributed by atoms with Crippen LogP contribution in [0.2, 0.25) is 0 Å². The molecule has 0 amide bonds. The van der Waals surface area contributed by atoms with Crippen LogP contribution in [-0.4, -0.2) is 52.1 Å². The summed E-state index contributed by atoms with van der Waals surface area (Å²) in [5.74, 6) is 0. The summed E-state index contributed by atoms with van der Waals surface area (Å²) in [6.07, 6.45) is 0. The van der Waals surface area contributed by atoms with Gasteiger partial charge >= 0.3 is 29.6 Å². The van der Waals surface area contributed by atoms with Gasteiger partial charge in [-0.1, -0.05) is 0 Å². The second-order valence-corrected chi connectivity index (χ2v) is 0.0816. The molecule has 0 aliphatic rings. The quantitative estimate of drug-likeness (QED) is 0.225. The average Bonchev–Trinajstić information content (AvgIpc) is 0.918. The summed E-state index contributed by atoms with van der Waals surface area (Å²) in [5.41, 5.74) is 0. The van der Waals surface area contributed by atoms with Crippen LogP contribution in [0.1, 0.15) is 0 Å². The zero-order valence-electron chi connectivity index (χ0n) is 1.30. The topological polar surface area (TPSA) is 49.7 Å². The molecule has 0 heterocycles. The summed E-state index contributed by atoms with van der Waals surface area (Å²) in [7, 11) is 0. The number of rotatable bonds is 0. The summed E-state index contributed by atoms with van der Waals surface area (Å²) in [4.78, 5) is 8.11. The molecule has 0 aromatic rings. The van der Waals surface area contributed by atoms with Crippen LogP contribution in [0.4, 0.5) is 0 Å². The Balaban J connectivity index is -0.0000000200. The third-order valence-corrected chi connectivity index (χ3v) is 0. The Hall–Kier alpha value is 0.932. The first kappa shape index (κ1) is 16.8. The van der Waals surface area contributed by atoms with Gasteiger partial charge in [-0.25, -0.2) is 0 Å². The van der Waals surface area contributed by atoms with Crippen molar-refractivity contribution in [3.63, 3.8) is 0 Å². The summed E-state index contributed by atoms with van der Waals surface area (Å²) >= 11 is 0. The van der Waals surface area contributed by atoms with Crippen LogP contribution in [-0.2, 0) is 0 Å². The molecule has 0 bridgehead atoms. The molecule has 0 unspecified atom stereocenters. The third kappa shape index (κ3) is 48.8. The first-order valence-corrected chi connectivity index (χ1v) is 0.383. The van der Waals surface area contributed by atoms with E-state index in [2.05, 4.69) is 0 Å². The van der Waals surface area contributed by atoms with Crippen molar-refractivity contribution in [3.8, 4) is 0 Å². The SMILES string of the molecule is O=NO.[AlH3].[NaH]. The Bertz CT molecular complexity index is 17.1. The van der Waals surface area contributed by atoms with Gasteiger partial charge in [0.2, 0.25) is 0 Å². The Kier molecular flexibility index (Phi) is 68.6. The zero-order chi connectivity index (χ0) is 2.71. The normalized spacial score (nSPS) is 2.40. The van der Waals surface area contributed by atoms with Gasteiger partial charge in [0.25, 0.3) is 0 Å². The molecule has 0 spiro atoms. The van der Waals surface area contributed by atoms with Crippen molar-refractivity contribution < 1.29 is 5.21 Å². The molecule has 3 nitrogen and oxygen atoms in total. The molecule has 0 atom stereocenters. The van der Waals surface area contributed by atoms with Crippen molar-refractivity contribution in [3.05, 3.63) is 4.91 Å². The van der Waals surface area contributed by atoms with E-state index in [0.717, 1.165) is 0 Å². The molecule has 0 saturated heterocycles. The van der Waals surface area contributed by atoms with E-state index in [4.69, 9.17) is 10.1 Å².